The van der Waals surface area contributed by atoms with E-state index in [4.69, 9.17) is 23.2 Å². The van der Waals surface area contributed by atoms with Gasteiger partial charge in [-0.1, -0.05) is 44.3 Å². The summed E-state index contributed by atoms with van der Waals surface area (Å²) in [4.78, 5) is 16.1. The first-order valence-corrected chi connectivity index (χ1v) is 13.5. The van der Waals surface area contributed by atoms with Crippen LogP contribution < -0.4 is 10.6 Å². The molecule has 0 spiro atoms. The Morgan fingerprint density at radius 3 is 1.65 bits per heavy atom. The molecule has 2 aliphatic heterocycles. The second-order valence-corrected chi connectivity index (χ2v) is 11.5. The highest BCUT2D eigenvalue weighted by Gasteiger charge is 2.25. The Morgan fingerprint density at radius 1 is 0.811 bits per heavy atom. The molecule has 0 aromatic carbocycles. The van der Waals surface area contributed by atoms with Crippen molar-refractivity contribution in [2.45, 2.75) is 41.5 Å². The molecule has 2 aromatic heterocycles. The molecular weight excluding hydrogens is 547 g/mol. The lowest BCUT2D eigenvalue weighted by molar-refractivity contribution is 0.481. The number of nitriles is 2. The third-order valence-corrected chi connectivity index (χ3v) is 7.32. The predicted octanol–water partition coefficient (Wildman–Crippen LogP) is 6.68. The lowest BCUT2D eigenvalue weighted by Gasteiger charge is -2.20. The highest BCUT2D eigenvalue weighted by molar-refractivity contribution is 8.06. The molecule has 0 bridgehead atoms. The fourth-order valence-corrected chi connectivity index (χ4v) is 5.24. The van der Waals surface area contributed by atoms with E-state index < -0.39 is 0 Å². The lowest BCUT2D eigenvalue weighted by Crippen LogP contribution is -2.20. The molecule has 0 saturated carbocycles. The third kappa shape index (κ3) is 7.06. The van der Waals surface area contributed by atoms with Crippen molar-refractivity contribution in [2.75, 3.05) is 0 Å². The summed E-state index contributed by atoms with van der Waals surface area (Å²) in [6, 6.07) is 4.38. The highest BCUT2D eigenvalue weighted by atomic mass is 35.5. The van der Waals surface area contributed by atoms with E-state index >= 15 is 0 Å². The zero-order valence-corrected chi connectivity index (χ0v) is 24.2. The van der Waals surface area contributed by atoms with Crippen molar-refractivity contribution in [2.24, 2.45) is 5.41 Å². The first-order valence-electron chi connectivity index (χ1n) is 11.0. The Balaban J connectivity index is 0.000000208. The van der Waals surface area contributed by atoms with E-state index in [-0.39, 0.29) is 16.0 Å². The van der Waals surface area contributed by atoms with Crippen LogP contribution in [-0.2, 0) is 0 Å². The number of hydrogen-bond donors (Lipinski definition) is 2. The van der Waals surface area contributed by atoms with E-state index in [1.807, 2.05) is 31.6 Å². The maximum atomic E-state index is 9.46. The number of nitrogens with zero attached hydrogens (tertiary/aromatic N) is 6. The number of thioether (sulfide) groups is 2. The van der Waals surface area contributed by atoms with Gasteiger partial charge in [-0.15, -0.1) is 0 Å². The summed E-state index contributed by atoms with van der Waals surface area (Å²) >= 11 is 14.6. The van der Waals surface area contributed by atoms with Crippen molar-refractivity contribution < 1.29 is 0 Å². The summed E-state index contributed by atoms with van der Waals surface area (Å²) in [5.41, 5.74) is 5.89. The average molecular weight is 572 g/mol. The highest BCUT2D eigenvalue weighted by Crippen LogP contribution is 2.38. The van der Waals surface area contributed by atoms with Crippen LogP contribution in [0.4, 0.5) is 0 Å². The van der Waals surface area contributed by atoms with Gasteiger partial charge >= 0.3 is 0 Å². The normalized spacial score (nSPS) is 17.2. The standard InChI is InChI=1S/C14H15ClN4S.C11H9ClN4S/c1-8-6-17-13(15)19-11(8)9(5-16)12-18-10(7-20-12)14(2,3)4;1-6-4-14-11(12)16-9(6)8(3-13)10-15-7(2)5-17-10/h6-7,18H,1-4H3;4-5,15H,1-2H3. The van der Waals surface area contributed by atoms with Crippen LogP contribution in [0.3, 0.4) is 0 Å². The fourth-order valence-electron chi connectivity index (χ4n) is 3.06. The summed E-state index contributed by atoms with van der Waals surface area (Å²) in [5.74, 6) is 0. The number of hydrogen-bond acceptors (Lipinski definition) is 10. The molecule has 2 aliphatic rings. The number of rotatable bonds is 2. The topological polar surface area (TPSA) is 123 Å². The summed E-state index contributed by atoms with van der Waals surface area (Å²) < 4.78 is 0. The van der Waals surface area contributed by atoms with E-state index in [0.717, 1.165) is 32.6 Å². The Bertz CT molecular complexity index is 1440. The van der Waals surface area contributed by atoms with Crippen LogP contribution in [0.5, 0.6) is 0 Å². The molecular formula is C25H24Cl2N8S2. The van der Waals surface area contributed by atoms with Crippen LogP contribution in [0.25, 0.3) is 11.1 Å². The van der Waals surface area contributed by atoms with Crippen LogP contribution in [0, 0.1) is 41.9 Å². The van der Waals surface area contributed by atoms with Gasteiger partial charge in [0.2, 0.25) is 10.6 Å². The third-order valence-electron chi connectivity index (χ3n) is 5.05. The monoisotopic (exact) mass is 570 g/mol. The maximum Gasteiger partial charge on any atom is 0.222 e. The maximum absolute atomic E-state index is 9.46. The number of aryl methyl sites for hydroxylation is 2. The number of allylic oxidation sites excluding steroid dienone is 4. The molecule has 0 radical (unpaired) electrons. The van der Waals surface area contributed by atoms with E-state index in [1.54, 1.807) is 12.4 Å². The quantitative estimate of drug-likeness (QED) is 0.298. The molecule has 0 fully saturated rings. The minimum absolute atomic E-state index is 0.00762. The molecule has 190 valence electrons. The van der Waals surface area contributed by atoms with Gasteiger partial charge in [0.05, 0.1) is 21.4 Å². The van der Waals surface area contributed by atoms with Crippen molar-refractivity contribution >= 4 is 57.9 Å². The Hall–Kier alpha value is -3.02. The second kappa shape index (κ2) is 12.0. The summed E-state index contributed by atoms with van der Waals surface area (Å²) in [7, 11) is 0. The second-order valence-electron chi connectivity index (χ2n) is 9.04. The van der Waals surface area contributed by atoms with Gasteiger partial charge in [0, 0.05) is 29.2 Å². The van der Waals surface area contributed by atoms with E-state index in [0.29, 0.717) is 22.5 Å². The van der Waals surface area contributed by atoms with Gasteiger partial charge < -0.3 is 10.6 Å². The minimum atomic E-state index is 0.00762. The average Bonchev–Trinajstić information content (AvgIpc) is 3.50. The van der Waals surface area contributed by atoms with Crippen LogP contribution in [0.15, 0.2) is 44.7 Å². The van der Waals surface area contributed by atoms with Gasteiger partial charge in [0.15, 0.2) is 0 Å². The summed E-state index contributed by atoms with van der Waals surface area (Å²) in [5, 5.41) is 31.0. The van der Waals surface area contributed by atoms with Crippen LogP contribution in [0.1, 0.15) is 50.2 Å². The summed E-state index contributed by atoms with van der Waals surface area (Å²) in [6.45, 7) is 12.0. The van der Waals surface area contributed by atoms with Crippen molar-refractivity contribution in [1.29, 1.82) is 10.5 Å². The molecule has 4 heterocycles. The SMILES string of the molecule is CC1=CSC(=C(C#N)c2nc(Cl)ncc2C)N1.Cc1cnc(Cl)nc1C(C#N)=C1NC(C(C)(C)C)=CS1. The van der Waals surface area contributed by atoms with Crippen LogP contribution >= 0.6 is 46.7 Å². The van der Waals surface area contributed by atoms with Gasteiger partial charge in [-0.05, 0) is 65.9 Å². The molecule has 0 saturated heterocycles. The molecule has 2 aromatic rings. The molecule has 12 heteroatoms. The number of halogens is 2. The Labute approximate surface area is 235 Å². The van der Waals surface area contributed by atoms with Gasteiger partial charge in [-0.2, -0.15) is 10.5 Å². The number of nitrogens with one attached hydrogen (secondary N) is 2. The zero-order chi connectivity index (χ0) is 27.3. The first-order chi connectivity index (χ1) is 17.4. The summed E-state index contributed by atoms with van der Waals surface area (Å²) in [6.07, 6.45) is 3.24. The largest absolute Gasteiger partial charge is 0.352 e. The number of aromatic nitrogens is 4. The molecule has 2 N–H and O–H groups in total. The molecule has 0 atom stereocenters. The fraction of sp³-hybridized carbons (Fsp3) is 0.280. The molecule has 0 amide bonds. The predicted molar refractivity (Wildman–Crippen MR) is 151 cm³/mol. The van der Waals surface area contributed by atoms with Crippen LogP contribution in [-0.4, -0.2) is 19.9 Å². The van der Waals surface area contributed by atoms with Crippen molar-refractivity contribution in [3.63, 3.8) is 0 Å². The molecule has 4 rings (SSSR count). The molecule has 0 aliphatic carbocycles. The minimum Gasteiger partial charge on any atom is -0.352 e. The first kappa shape index (κ1) is 28.5. The molecule has 0 unspecified atom stereocenters. The van der Waals surface area contributed by atoms with Gasteiger partial charge in [-0.25, -0.2) is 19.9 Å². The van der Waals surface area contributed by atoms with Crippen LogP contribution in [0.2, 0.25) is 10.6 Å². The van der Waals surface area contributed by atoms with Gasteiger partial charge in [-0.3, -0.25) is 0 Å². The molecule has 8 nitrogen and oxygen atoms in total. The van der Waals surface area contributed by atoms with Gasteiger partial charge in [0.25, 0.3) is 0 Å². The lowest BCUT2D eigenvalue weighted by atomic mass is 9.93. The zero-order valence-electron chi connectivity index (χ0n) is 21.1. The smallest absolute Gasteiger partial charge is 0.222 e. The molecule has 37 heavy (non-hydrogen) atoms. The van der Waals surface area contributed by atoms with Crippen molar-refractivity contribution in [3.05, 3.63) is 77.7 Å². The van der Waals surface area contributed by atoms with E-state index in [2.05, 4.69) is 63.5 Å². The van der Waals surface area contributed by atoms with Crippen molar-refractivity contribution in [3.8, 4) is 12.1 Å². The van der Waals surface area contributed by atoms with E-state index in [1.165, 1.54) is 23.5 Å². The van der Waals surface area contributed by atoms with Crippen molar-refractivity contribution in [1.82, 2.24) is 30.6 Å². The Morgan fingerprint density at radius 2 is 1.27 bits per heavy atom. The van der Waals surface area contributed by atoms with E-state index in [9.17, 15) is 10.5 Å². The van der Waals surface area contributed by atoms with Gasteiger partial charge in [0.1, 0.15) is 23.3 Å². The Kier molecular flexibility index (Phi) is 9.27.